The predicted octanol–water partition coefficient (Wildman–Crippen LogP) is 1.25. The van der Waals surface area contributed by atoms with E-state index in [0.29, 0.717) is 19.1 Å². The van der Waals surface area contributed by atoms with Gasteiger partial charge in [0.25, 0.3) is 0 Å². The van der Waals surface area contributed by atoms with Gasteiger partial charge in [-0.15, -0.1) is 0 Å². The van der Waals surface area contributed by atoms with E-state index >= 15 is 0 Å². The van der Waals surface area contributed by atoms with Crippen LogP contribution in [0, 0.1) is 5.92 Å². The van der Waals surface area contributed by atoms with Gasteiger partial charge in [-0.25, -0.2) is 0 Å². The average Bonchev–Trinajstić information content (AvgIpc) is 2.36. The van der Waals surface area contributed by atoms with Crippen molar-refractivity contribution in [3.8, 4) is 0 Å². The molecule has 0 bridgehead atoms. The molecule has 0 aromatic heterocycles. The van der Waals surface area contributed by atoms with Gasteiger partial charge in [-0.1, -0.05) is 13.8 Å². The quantitative estimate of drug-likeness (QED) is 0.352. The lowest BCUT2D eigenvalue weighted by molar-refractivity contribution is 0.0689. The van der Waals surface area contributed by atoms with Crippen molar-refractivity contribution in [3.63, 3.8) is 0 Å². The first-order valence-corrected chi connectivity index (χ1v) is 6.72. The zero-order chi connectivity index (χ0) is 13.6. The van der Waals surface area contributed by atoms with E-state index in [1.165, 1.54) is 0 Å². The van der Waals surface area contributed by atoms with Gasteiger partial charge in [0.15, 0.2) is 5.96 Å². The average molecular weight is 259 g/mol. The minimum absolute atomic E-state index is 0.623. The van der Waals surface area contributed by atoms with Crippen molar-refractivity contribution in [2.45, 2.75) is 26.7 Å². The third kappa shape index (κ3) is 11.7. The molecule has 0 spiro atoms. The highest BCUT2D eigenvalue weighted by molar-refractivity contribution is 5.79. The second kappa shape index (κ2) is 12.6. The molecule has 0 radical (unpaired) electrons. The molecule has 0 atom stereocenters. The standard InChI is InChI=1S/C13H29N3O2/c1-12(2)11-16-13(14-3)15-7-5-6-8-18-10-9-17-4/h12H,5-11H2,1-4H3,(H2,14,15,16). The number of hydrogen-bond donors (Lipinski definition) is 2. The smallest absolute Gasteiger partial charge is 0.190 e. The van der Waals surface area contributed by atoms with Crippen molar-refractivity contribution in [2.24, 2.45) is 10.9 Å². The van der Waals surface area contributed by atoms with E-state index in [1.54, 1.807) is 14.2 Å². The van der Waals surface area contributed by atoms with E-state index in [2.05, 4.69) is 29.5 Å². The summed E-state index contributed by atoms with van der Waals surface area (Å²) in [6, 6.07) is 0. The van der Waals surface area contributed by atoms with E-state index in [-0.39, 0.29) is 0 Å². The van der Waals surface area contributed by atoms with E-state index in [9.17, 15) is 0 Å². The fourth-order valence-corrected chi connectivity index (χ4v) is 1.30. The highest BCUT2D eigenvalue weighted by Crippen LogP contribution is 1.90. The Kier molecular flexibility index (Phi) is 12.1. The Morgan fingerprint density at radius 3 is 2.50 bits per heavy atom. The summed E-state index contributed by atoms with van der Waals surface area (Å²) >= 11 is 0. The van der Waals surface area contributed by atoms with Crippen LogP contribution in [-0.2, 0) is 9.47 Å². The second-order valence-electron chi connectivity index (χ2n) is 4.59. The molecule has 0 saturated heterocycles. The minimum atomic E-state index is 0.623. The molecule has 0 saturated carbocycles. The molecule has 18 heavy (non-hydrogen) atoms. The lowest BCUT2D eigenvalue weighted by Crippen LogP contribution is -2.39. The number of methoxy groups -OCH3 is 1. The van der Waals surface area contributed by atoms with E-state index in [1.807, 2.05) is 0 Å². The van der Waals surface area contributed by atoms with Gasteiger partial charge in [0, 0.05) is 33.9 Å². The van der Waals surface area contributed by atoms with Crippen LogP contribution >= 0.6 is 0 Å². The summed E-state index contributed by atoms with van der Waals surface area (Å²) in [7, 11) is 3.48. The summed E-state index contributed by atoms with van der Waals surface area (Å²) < 4.78 is 10.3. The Bertz CT molecular complexity index is 208. The summed E-state index contributed by atoms with van der Waals surface area (Å²) in [6.07, 6.45) is 2.13. The van der Waals surface area contributed by atoms with Gasteiger partial charge in [0.2, 0.25) is 0 Å². The molecule has 0 heterocycles. The van der Waals surface area contributed by atoms with Gasteiger partial charge in [-0.3, -0.25) is 4.99 Å². The first-order chi connectivity index (χ1) is 8.70. The Labute approximate surface area is 111 Å². The van der Waals surface area contributed by atoms with Gasteiger partial charge in [0.05, 0.1) is 13.2 Å². The van der Waals surface area contributed by atoms with Crippen LogP contribution in [0.3, 0.4) is 0 Å². The Morgan fingerprint density at radius 2 is 1.89 bits per heavy atom. The molecule has 2 N–H and O–H groups in total. The Balaban J connectivity index is 3.35. The fourth-order valence-electron chi connectivity index (χ4n) is 1.30. The third-order valence-corrected chi connectivity index (χ3v) is 2.34. The number of hydrogen-bond acceptors (Lipinski definition) is 3. The van der Waals surface area contributed by atoms with Crippen LogP contribution in [0.2, 0.25) is 0 Å². The maximum atomic E-state index is 5.39. The largest absolute Gasteiger partial charge is 0.382 e. The molecule has 5 nitrogen and oxygen atoms in total. The van der Waals surface area contributed by atoms with Crippen LogP contribution < -0.4 is 10.6 Å². The van der Waals surface area contributed by atoms with Crippen LogP contribution in [0.5, 0.6) is 0 Å². The highest BCUT2D eigenvalue weighted by atomic mass is 16.5. The molecular formula is C13H29N3O2. The summed E-state index contributed by atoms with van der Waals surface area (Å²) in [5.41, 5.74) is 0. The molecule has 0 aromatic rings. The fraction of sp³-hybridized carbons (Fsp3) is 0.923. The van der Waals surface area contributed by atoms with Crippen molar-refractivity contribution in [1.29, 1.82) is 0 Å². The molecule has 0 aliphatic heterocycles. The summed E-state index contributed by atoms with van der Waals surface area (Å²) in [5, 5.41) is 6.56. The van der Waals surface area contributed by atoms with Gasteiger partial charge < -0.3 is 20.1 Å². The van der Waals surface area contributed by atoms with Gasteiger partial charge in [-0.2, -0.15) is 0 Å². The van der Waals surface area contributed by atoms with Crippen molar-refractivity contribution >= 4 is 5.96 Å². The topological polar surface area (TPSA) is 54.9 Å². The zero-order valence-corrected chi connectivity index (χ0v) is 12.3. The number of nitrogens with zero attached hydrogens (tertiary/aromatic N) is 1. The molecule has 0 aromatic carbocycles. The normalized spacial score (nSPS) is 11.9. The SMILES string of the molecule is CN=C(NCCCCOCCOC)NCC(C)C. The number of rotatable bonds is 10. The molecule has 0 aliphatic carbocycles. The van der Waals surface area contributed by atoms with Crippen molar-refractivity contribution in [3.05, 3.63) is 0 Å². The monoisotopic (exact) mass is 259 g/mol. The predicted molar refractivity (Wildman–Crippen MR) is 76.1 cm³/mol. The molecular weight excluding hydrogens is 230 g/mol. The second-order valence-corrected chi connectivity index (χ2v) is 4.59. The third-order valence-electron chi connectivity index (χ3n) is 2.34. The maximum absolute atomic E-state index is 5.39. The molecule has 0 amide bonds. The summed E-state index contributed by atoms with van der Waals surface area (Å²) in [4.78, 5) is 4.16. The lowest BCUT2D eigenvalue weighted by atomic mass is 10.2. The van der Waals surface area contributed by atoms with Crippen LogP contribution in [0.1, 0.15) is 26.7 Å². The first kappa shape index (κ1) is 17.2. The van der Waals surface area contributed by atoms with E-state index < -0.39 is 0 Å². The molecule has 0 aliphatic rings. The summed E-state index contributed by atoms with van der Waals surface area (Å²) in [5.74, 6) is 1.50. The van der Waals surface area contributed by atoms with E-state index in [0.717, 1.165) is 38.5 Å². The number of nitrogens with one attached hydrogen (secondary N) is 2. The maximum Gasteiger partial charge on any atom is 0.190 e. The highest BCUT2D eigenvalue weighted by Gasteiger charge is 1.98. The Hall–Kier alpha value is -0.810. The lowest BCUT2D eigenvalue weighted by Gasteiger charge is -2.13. The van der Waals surface area contributed by atoms with Crippen molar-refractivity contribution < 1.29 is 9.47 Å². The molecule has 0 fully saturated rings. The number of guanidine groups is 1. The summed E-state index contributed by atoms with van der Waals surface area (Å²) in [6.45, 7) is 8.37. The van der Waals surface area contributed by atoms with E-state index in [4.69, 9.17) is 9.47 Å². The number of unbranched alkanes of at least 4 members (excludes halogenated alkanes) is 1. The number of ether oxygens (including phenoxy) is 2. The van der Waals surface area contributed by atoms with Gasteiger partial charge in [0.1, 0.15) is 0 Å². The molecule has 0 rings (SSSR count). The van der Waals surface area contributed by atoms with Crippen LogP contribution in [0.15, 0.2) is 4.99 Å². The van der Waals surface area contributed by atoms with Crippen molar-refractivity contribution in [2.75, 3.05) is 47.1 Å². The molecule has 0 unspecified atom stereocenters. The zero-order valence-electron chi connectivity index (χ0n) is 12.3. The van der Waals surface area contributed by atoms with Gasteiger partial charge in [-0.05, 0) is 18.8 Å². The number of aliphatic imine (C=N–C) groups is 1. The molecule has 5 heteroatoms. The van der Waals surface area contributed by atoms with Gasteiger partial charge >= 0.3 is 0 Å². The van der Waals surface area contributed by atoms with Crippen molar-refractivity contribution in [1.82, 2.24) is 10.6 Å². The minimum Gasteiger partial charge on any atom is -0.382 e. The van der Waals surface area contributed by atoms with Crippen LogP contribution in [-0.4, -0.2) is 53.0 Å². The Morgan fingerprint density at radius 1 is 1.11 bits per heavy atom. The van der Waals surface area contributed by atoms with Crippen LogP contribution in [0.4, 0.5) is 0 Å². The first-order valence-electron chi connectivity index (χ1n) is 6.72. The van der Waals surface area contributed by atoms with Crippen LogP contribution in [0.25, 0.3) is 0 Å². The molecule has 108 valence electrons.